The molecule has 2 rings (SSSR count). The van der Waals surface area contributed by atoms with Crippen molar-refractivity contribution in [1.29, 1.82) is 0 Å². The first-order chi connectivity index (χ1) is 7.00. The van der Waals surface area contributed by atoms with Crippen molar-refractivity contribution in [3.63, 3.8) is 0 Å². The third-order valence-corrected chi connectivity index (χ3v) is 5.78. The third kappa shape index (κ3) is 2.40. The van der Waals surface area contributed by atoms with Gasteiger partial charge in [-0.3, -0.25) is 4.90 Å². The van der Waals surface area contributed by atoms with E-state index in [0.717, 1.165) is 5.92 Å². The van der Waals surface area contributed by atoms with Crippen LogP contribution in [-0.2, 0) is 0 Å². The van der Waals surface area contributed by atoms with E-state index in [9.17, 15) is 0 Å². The van der Waals surface area contributed by atoms with Crippen LogP contribution in [0.15, 0.2) is 0 Å². The molecule has 2 nitrogen and oxygen atoms in total. The normalized spacial score (nSPS) is 37.6. The molecule has 2 unspecified atom stereocenters. The summed E-state index contributed by atoms with van der Waals surface area (Å²) in [6, 6.07) is 0. The predicted octanol–water partition coefficient (Wildman–Crippen LogP) is 2.19. The molecule has 0 bridgehead atoms. The van der Waals surface area contributed by atoms with Crippen LogP contribution in [0.3, 0.4) is 0 Å². The molecule has 2 fully saturated rings. The largest absolute Gasteiger partial charge is 0.306 e. The van der Waals surface area contributed by atoms with Crippen LogP contribution in [0.1, 0.15) is 26.7 Å². The van der Waals surface area contributed by atoms with E-state index >= 15 is 0 Å². The van der Waals surface area contributed by atoms with Crippen LogP contribution < -0.4 is 0 Å². The Bertz CT molecular complexity index is 230. The quantitative estimate of drug-likeness (QED) is 0.713. The second kappa shape index (κ2) is 4.34. The Hall–Kier alpha value is 0.400. The molecule has 0 saturated carbocycles. The summed E-state index contributed by atoms with van der Waals surface area (Å²) in [4.78, 5) is 5.81. The number of halogens is 1. The molecule has 0 amide bonds. The van der Waals surface area contributed by atoms with Crippen LogP contribution >= 0.6 is 15.9 Å². The van der Waals surface area contributed by atoms with Crippen molar-refractivity contribution in [2.45, 2.75) is 37.1 Å². The fourth-order valence-electron chi connectivity index (χ4n) is 2.92. The number of hydrogen-bond donors (Lipinski definition) is 0. The number of rotatable bonds is 2. The molecule has 3 heteroatoms. The molecule has 15 heavy (non-hydrogen) atoms. The Balaban J connectivity index is 1.90. The van der Waals surface area contributed by atoms with E-state index in [2.05, 4.69) is 46.6 Å². The van der Waals surface area contributed by atoms with Gasteiger partial charge < -0.3 is 4.90 Å². The molecule has 0 spiro atoms. The zero-order valence-electron chi connectivity index (χ0n) is 10.2. The van der Waals surface area contributed by atoms with Crippen molar-refractivity contribution in [3.8, 4) is 0 Å². The average Bonchev–Trinajstić information content (AvgIpc) is 2.66. The van der Waals surface area contributed by atoms with E-state index in [0.29, 0.717) is 10.4 Å². The van der Waals surface area contributed by atoms with E-state index in [1.54, 1.807) is 0 Å². The Morgan fingerprint density at radius 1 is 1.27 bits per heavy atom. The van der Waals surface area contributed by atoms with E-state index in [1.165, 1.54) is 39.0 Å². The van der Waals surface area contributed by atoms with Crippen LogP contribution in [-0.4, -0.2) is 53.4 Å². The Kier molecular flexibility index (Phi) is 3.44. The molecule has 0 aromatic rings. The van der Waals surface area contributed by atoms with Crippen molar-refractivity contribution in [2.75, 3.05) is 33.2 Å². The highest BCUT2D eigenvalue weighted by Crippen LogP contribution is 2.35. The predicted molar refractivity (Wildman–Crippen MR) is 68.6 cm³/mol. The molecule has 2 aliphatic heterocycles. The van der Waals surface area contributed by atoms with Gasteiger partial charge in [0.15, 0.2) is 0 Å². The topological polar surface area (TPSA) is 6.48 Å². The minimum absolute atomic E-state index is 0.348. The first-order valence-electron chi connectivity index (χ1n) is 6.08. The maximum atomic E-state index is 3.81. The zero-order valence-corrected chi connectivity index (χ0v) is 11.8. The van der Waals surface area contributed by atoms with Crippen LogP contribution in [0, 0.1) is 5.92 Å². The highest BCUT2D eigenvalue weighted by atomic mass is 79.9. The molecule has 0 aliphatic carbocycles. The second-order valence-corrected chi connectivity index (χ2v) is 6.88. The van der Waals surface area contributed by atoms with Gasteiger partial charge in [-0.2, -0.15) is 0 Å². The molecule has 0 aromatic carbocycles. The second-order valence-electron chi connectivity index (χ2n) is 5.77. The zero-order chi connectivity index (χ0) is 11.1. The highest BCUT2D eigenvalue weighted by molar-refractivity contribution is 9.09. The number of hydrogen-bond acceptors (Lipinski definition) is 2. The van der Waals surface area contributed by atoms with Crippen LogP contribution in [0.4, 0.5) is 0 Å². The maximum Gasteiger partial charge on any atom is 0.0336 e. The van der Waals surface area contributed by atoms with E-state index in [1.807, 2.05) is 0 Å². The smallest absolute Gasteiger partial charge is 0.0336 e. The lowest BCUT2D eigenvalue weighted by Gasteiger charge is -2.35. The lowest BCUT2D eigenvalue weighted by molar-refractivity contribution is 0.153. The number of likely N-dealkylation sites (tertiary alicyclic amines) is 2. The number of nitrogens with zero attached hydrogens (tertiary/aromatic N) is 2. The summed E-state index contributed by atoms with van der Waals surface area (Å²) in [5.41, 5.74) is 0.348. The fraction of sp³-hybridized carbons (Fsp3) is 1.00. The van der Waals surface area contributed by atoms with Gasteiger partial charge >= 0.3 is 0 Å². The molecule has 0 aromatic heterocycles. The Morgan fingerprint density at radius 3 is 2.47 bits per heavy atom. The molecular weight excluding hydrogens is 252 g/mol. The lowest BCUT2D eigenvalue weighted by atomic mass is 10.00. The van der Waals surface area contributed by atoms with Crippen LogP contribution in [0.25, 0.3) is 0 Å². The van der Waals surface area contributed by atoms with Gasteiger partial charge in [0.2, 0.25) is 0 Å². The molecule has 2 heterocycles. The van der Waals surface area contributed by atoms with E-state index < -0.39 is 0 Å². The Morgan fingerprint density at radius 2 is 2.00 bits per heavy atom. The van der Waals surface area contributed by atoms with Crippen LogP contribution in [0.5, 0.6) is 0 Å². The van der Waals surface area contributed by atoms with Crippen molar-refractivity contribution in [1.82, 2.24) is 9.80 Å². The van der Waals surface area contributed by atoms with Gasteiger partial charge in [-0.05, 0) is 52.7 Å². The maximum absolute atomic E-state index is 3.81. The SMILES string of the molecule is CN1CCC(CN2CCC(Br)C2(C)C)C1. The molecule has 0 radical (unpaired) electrons. The summed E-state index contributed by atoms with van der Waals surface area (Å²) in [5, 5.41) is 0. The lowest BCUT2D eigenvalue weighted by Crippen LogP contribution is -2.45. The molecule has 2 saturated heterocycles. The summed E-state index contributed by atoms with van der Waals surface area (Å²) in [7, 11) is 2.24. The van der Waals surface area contributed by atoms with Gasteiger partial charge in [-0.25, -0.2) is 0 Å². The summed E-state index contributed by atoms with van der Waals surface area (Å²) in [6.45, 7) is 9.88. The summed E-state index contributed by atoms with van der Waals surface area (Å²) in [6.07, 6.45) is 2.69. The summed E-state index contributed by atoms with van der Waals surface area (Å²) in [5.74, 6) is 0.895. The highest BCUT2D eigenvalue weighted by Gasteiger charge is 2.40. The summed E-state index contributed by atoms with van der Waals surface area (Å²) < 4.78 is 0. The van der Waals surface area contributed by atoms with Gasteiger partial charge in [-0.1, -0.05) is 15.9 Å². The first kappa shape index (κ1) is 11.9. The molecule has 0 N–H and O–H groups in total. The van der Waals surface area contributed by atoms with Crippen molar-refractivity contribution < 1.29 is 0 Å². The Labute approximate surface area is 102 Å². The van der Waals surface area contributed by atoms with Gasteiger partial charge in [0, 0.05) is 23.5 Å². The molecule has 2 aliphatic rings. The third-order valence-electron chi connectivity index (χ3n) is 4.20. The fourth-order valence-corrected chi connectivity index (χ4v) is 3.42. The molecule has 88 valence electrons. The standard InChI is InChI=1S/C12H23BrN2/c1-12(2)11(13)5-7-15(12)9-10-4-6-14(3)8-10/h10-11H,4-9H2,1-3H3. The number of alkyl halides is 1. The van der Waals surface area contributed by atoms with Gasteiger partial charge in [0.1, 0.15) is 0 Å². The van der Waals surface area contributed by atoms with Gasteiger partial charge in [-0.15, -0.1) is 0 Å². The van der Waals surface area contributed by atoms with E-state index in [4.69, 9.17) is 0 Å². The van der Waals surface area contributed by atoms with Gasteiger partial charge in [0.05, 0.1) is 0 Å². The van der Waals surface area contributed by atoms with Crippen molar-refractivity contribution in [3.05, 3.63) is 0 Å². The average molecular weight is 275 g/mol. The monoisotopic (exact) mass is 274 g/mol. The van der Waals surface area contributed by atoms with Crippen LogP contribution in [0.2, 0.25) is 0 Å². The van der Waals surface area contributed by atoms with Crippen molar-refractivity contribution in [2.24, 2.45) is 5.92 Å². The molecule has 2 atom stereocenters. The van der Waals surface area contributed by atoms with Gasteiger partial charge in [0.25, 0.3) is 0 Å². The minimum Gasteiger partial charge on any atom is -0.306 e. The summed E-state index contributed by atoms with van der Waals surface area (Å²) >= 11 is 3.81. The van der Waals surface area contributed by atoms with E-state index in [-0.39, 0.29) is 0 Å². The minimum atomic E-state index is 0.348. The molecular formula is C12H23BrN2. The van der Waals surface area contributed by atoms with Crippen molar-refractivity contribution >= 4 is 15.9 Å². The first-order valence-corrected chi connectivity index (χ1v) is 6.99.